The number of anilines is 1. The number of nitrogens with zero attached hydrogens (tertiary/aromatic N) is 1. The number of nitrogens with two attached hydrogens (primary N) is 1. The number of rotatable bonds is 8. The minimum absolute atomic E-state index is 0. The van der Waals surface area contributed by atoms with Crippen LogP contribution in [0.3, 0.4) is 0 Å². The Kier molecular flexibility index (Phi) is 9.25. The third-order valence-corrected chi connectivity index (χ3v) is 3.62. The van der Waals surface area contributed by atoms with Gasteiger partial charge in [-0.15, -0.1) is 0 Å². The lowest BCUT2D eigenvalue weighted by molar-refractivity contribution is -0.0979. The fourth-order valence-corrected chi connectivity index (χ4v) is 2.35. The molecule has 2 rings (SSSR count). The molecule has 0 saturated carbocycles. The summed E-state index contributed by atoms with van der Waals surface area (Å²) in [6.07, 6.45) is 5.14. The summed E-state index contributed by atoms with van der Waals surface area (Å²) in [5.41, 5.74) is 9.08. The van der Waals surface area contributed by atoms with E-state index in [1.54, 1.807) is 44.7 Å². The minimum atomic E-state index is 0. The van der Waals surface area contributed by atoms with Gasteiger partial charge < -0.3 is 30.1 Å². The van der Waals surface area contributed by atoms with Crippen LogP contribution in [0.25, 0.3) is 6.08 Å². The topological polar surface area (TPSA) is 108 Å². The van der Waals surface area contributed by atoms with Crippen LogP contribution in [0.15, 0.2) is 36.5 Å². The molecule has 0 aliphatic carbocycles. The van der Waals surface area contributed by atoms with Gasteiger partial charge in [0.15, 0.2) is 0 Å². The van der Waals surface area contributed by atoms with Crippen molar-refractivity contribution in [1.82, 2.24) is 4.98 Å². The molecule has 0 radical (unpaired) electrons. The fraction of sp³-hybridized carbons (Fsp3) is 0.250. The molecule has 0 saturated heterocycles. The van der Waals surface area contributed by atoms with E-state index >= 15 is 0 Å². The number of pyridine rings is 1. The van der Waals surface area contributed by atoms with Crippen LogP contribution in [0, 0.1) is 5.41 Å². The molecular formula is C20H27N3O4. The molecule has 3 N–H and O–H groups in total. The van der Waals surface area contributed by atoms with Crippen LogP contribution >= 0.6 is 0 Å². The molecule has 146 valence electrons. The number of carbonyl (C=O) groups is 1. The van der Waals surface area contributed by atoms with Gasteiger partial charge in [0.1, 0.15) is 12.5 Å². The molecule has 1 heterocycles. The molecule has 0 atom stereocenters. The first-order chi connectivity index (χ1) is 13.1. The van der Waals surface area contributed by atoms with E-state index in [2.05, 4.69) is 4.98 Å². The third-order valence-electron chi connectivity index (χ3n) is 3.62. The average Bonchev–Trinajstić information content (AvgIpc) is 2.72. The number of allylic oxidation sites excluding steroid dienone is 1. The summed E-state index contributed by atoms with van der Waals surface area (Å²) in [6.45, 7) is 4.94. The molecule has 0 unspecified atom stereocenters. The van der Waals surface area contributed by atoms with E-state index in [0.29, 0.717) is 36.1 Å². The summed E-state index contributed by atoms with van der Waals surface area (Å²) in [6, 6.07) is 7.25. The predicted molar refractivity (Wildman–Crippen MR) is 109 cm³/mol. The van der Waals surface area contributed by atoms with E-state index in [9.17, 15) is 0 Å². The van der Waals surface area contributed by atoms with E-state index < -0.39 is 0 Å². The number of aromatic nitrogens is 1. The lowest BCUT2D eigenvalue weighted by atomic mass is 10.0. The van der Waals surface area contributed by atoms with E-state index in [0.717, 1.165) is 11.1 Å². The minimum Gasteiger partial charge on any atom is -0.496 e. The Hall–Kier alpha value is -3.19. The summed E-state index contributed by atoms with van der Waals surface area (Å²) in [4.78, 5) is 12.1. The molecule has 1 aromatic heterocycles. The number of nitrogen functional groups attached to an aromatic ring is 1. The van der Waals surface area contributed by atoms with E-state index in [1.807, 2.05) is 25.8 Å². The first-order valence-electron chi connectivity index (χ1n) is 8.19. The summed E-state index contributed by atoms with van der Waals surface area (Å²) in [5.74, 6) is 1.11. The molecule has 7 heteroatoms. The average molecular weight is 373 g/mol. The third kappa shape index (κ3) is 5.93. The van der Waals surface area contributed by atoms with Gasteiger partial charge in [-0.2, -0.15) is 0 Å². The Morgan fingerprint density at radius 3 is 2.56 bits per heavy atom. The zero-order valence-corrected chi connectivity index (χ0v) is 15.8. The molecule has 0 spiro atoms. The highest BCUT2D eigenvalue weighted by Gasteiger charge is 2.15. The van der Waals surface area contributed by atoms with Crippen molar-refractivity contribution in [2.45, 2.75) is 13.5 Å². The second-order valence-electron chi connectivity index (χ2n) is 5.24. The van der Waals surface area contributed by atoms with Gasteiger partial charge in [0.2, 0.25) is 5.88 Å². The van der Waals surface area contributed by atoms with Crippen molar-refractivity contribution in [1.29, 1.82) is 5.41 Å². The molecule has 0 aliphatic heterocycles. The number of benzene rings is 1. The van der Waals surface area contributed by atoms with Crippen LogP contribution in [-0.4, -0.2) is 38.3 Å². The predicted octanol–water partition coefficient (Wildman–Crippen LogP) is 3.36. The first kappa shape index (κ1) is 21.9. The molecule has 0 amide bonds. The van der Waals surface area contributed by atoms with Crippen molar-refractivity contribution in [2.24, 2.45) is 0 Å². The van der Waals surface area contributed by atoms with Gasteiger partial charge >= 0.3 is 0 Å². The zero-order chi connectivity index (χ0) is 20.2. The molecule has 27 heavy (non-hydrogen) atoms. The van der Waals surface area contributed by atoms with Crippen LogP contribution < -0.4 is 15.2 Å². The largest absolute Gasteiger partial charge is 0.496 e. The number of methoxy groups -OCH3 is 2. The Balaban J connectivity index is 0.00000235. The summed E-state index contributed by atoms with van der Waals surface area (Å²) < 4.78 is 16.0. The molecule has 1 aromatic carbocycles. The number of hydrogen-bond donors (Lipinski definition) is 2. The van der Waals surface area contributed by atoms with Gasteiger partial charge in [-0.1, -0.05) is 12.1 Å². The summed E-state index contributed by atoms with van der Waals surface area (Å²) >= 11 is 0. The van der Waals surface area contributed by atoms with Crippen molar-refractivity contribution in [3.63, 3.8) is 0 Å². The highest BCUT2D eigenvalue weighted by atomic mass is 16.5. The van der Waals surface area contributed by atoms with Crippen LogP contribution in [0.5, 0.6) is 11.6 Å². The molecule has 0 aliphatic rings. The Labute approximate surface area is 160 Å². The van der Waals surface area contributed by atoms with Gasteiger partial charge in [0.25, 0.3) is 0 Å². The number of ether oxygens (including phenoxy) is 3. The standard InChI is InChI=1S/C19H23N3O3.CH2O.H2/c1-4-25-12-14-7-9-16(21)18(19(14)24-3)15(20)8-5-13-6-10-17(23-2)22-11-13;1-2;/h5-11,20H,4,12,21H2,1-3H3;1H2;1H/b8-5+,20-15?;;. The van der Waals surface area contributed by atoms with Crippen molar-refractivity contribution in [3.05, 3.63) is 53.2 Å². The number of nitrogens with one attached hydrogen (secondary N) is 1. The Morgan fingerprint density at radius 2 is 2.00 bits per heavy atom. The molecular weight excluding hydrogens is 346 g/mol. The van der Waals surface area contributed by atoms with Crippen LogP contribution in [0.1, 0.15) is 25.0 Å². The maximum atomic E-state index is 8.38. The SMILES string of the molecule is C=O.CCOCc1ccc(N)c(C(=N)/C=C/c2ccc(OC)nc2)c1OC.[HH]. The van der Waals surface area contributed by atoms with E-state index in [-0.39, 0.29) is 7.14 Å². The second-order valence-corrected chi connectivity index (χ2v) is 5.24. The smallest absolute Gasteiger partial charge is 0.212 e. The maximum Gasteiger partial charge on any atom is 0.212 e. The number of carbonyl (C=O) groups excluding carboxylic acids is 1. The van der Waals surface area contributed by atoms with E-state index in [1.165, 1.54) is 0 Å². The Morgan fingerprint density at radius 1 is 1.26 bits per heavy atom. The highest BCUT2D eigenvalue weighted by molar-refractivity contribution is 6.13. The van der Waals surface area contributed by atoms with Crippen molar-refractivity contribution >= 4 is 24.3 Å². The van der Waals surface area contributed by atoms with Gasteiger partial charge in [-0.3, -0.25) is 0 Å². The first-order valence-corrected chi connectivity index (χ1v) is 8.19. The number of hydrogen-bond acceptors (Lipinski definition) is 7. The zero-order valence-electron chi connectivity index (χ0n) is 15.8. The highest BCUT2D eigenvalue weighted by Crippen LogP contribution is 2.30. The summed E-state index contributed by atoms with van der Waals surface area (Å²) in [5, 5.41) is 8.38. The van der Waals surface area contributed by atoms with Gasteiger partial charge in [0, 0.05) is 31.5 Å². The fourth-order valence-electron chi connectivity index (χ4n) is 2.35. The lowest BCUT2D eigenvalue weighted by Gasteiger charge is -2.15. The van der Waals surface area contributed by atoms with E-state index in [4.69, 9.17) is 30.1 Å². The Bertz CT molecular complexity index is 780. The van der Waals surface area contributed by atoms with Crippen molar-refractivity contribution in [3.8, 4) is 11.6 Å². The van der Waals surface area contributed by atoms with Crippen LogP contribution in [-0.2, 0) is 16.1 Å². The van der Waals surface area contributed by atoms with Gasteiger partial charge in [-0.25, -0.2) is 4.98 Å². The summed E-state index contributed by atoms with van der Waals surface area (Å²) in [7, 11) is 3.13. The normalized spacial score (nSPS) is 10.2. The van der Waals surface area contributed by atoms with Crippen LogP contribution in [0.2, 0.25) is 0 Å². The van der Waals surface area contributed by atoms with Gasteiger partial charge in [-0.05, 0) is 30.7 Å². The monoisotopic (exact) mass is 373 g/mol. The lowest BCUT2D eigenvalue weighted by Crippen LogP contribution is -2.07. The molecule has 0 bridgehead atoms. The molecule has 2 aromatic rings. The maximum absolute atomic E-state index is 8.38. The quantitative estimate of drug-likeness (QED) is 0.543. The van der Waals surface area contributed by atoms with Crippen molar-refractivity contribution in [2.75, 3.05) is 26.6 Å². The van der Waals surface area contributed by atoms with Gasteiger partial charge in [0.05, 0.1) is 32.1 Å². The van der Waals surface area contributed by atoms with Crippen LogP contribution in [0.4, 0.5) is 5.69 Å². The second kappa shape index (κ2) is 11.4. The van der Waals surface area contributed by atoms with Crippen molar-refractivity contribution < 1.29 is 20.4 Å². The molecule has 7 nitrogen and oxygen atoms in total. The molecule has 0 fully saturated rings.